The molecular weight excluding hydrogens is 190 g/mol. The summed E-state index contributed by atoms with van der Waals surface area (Å²) in [5, 5.41) is 0. The van der Waals surface area contributed by atoms with Crippen LogP contribution in [0.3, 0.4) is 0 Å². The smallest absolute Gasteiger partial charge is 0.117 e. The first kappa shape index (κ1) is 10.9. The molecule has 2 rings (SSSR count). The predicted molar refractivity (Wildman–Crippen MR) is 60.4 cm³/mol. The Bertz CT molecular complexity index is 263. The van der Waals surface area contributed by atoms with Crippen LogP contribution in [0.5, 0.6) is 0 Å². The lowest BCUT2D eigenvalue weighted by atomic mass is 9.88. The predicted octanol–water partition coefficient (Wildman–Crippen LogP) is 1.07. The van der Waals surface area contributed by atoms with Crippen LogP contribution in [0.15, 0.2) is 4.99 Å². The van der Waals surface area contributed by atoms with E-state index < -0.39 is 0 Å². The first-order chi connectivity index (χ1) is 7.13. The highest BCUT2D eigenvalue weighted by Gasteiger charge is 2.40. The van der Waals surface area contributed by atoms with Gasteiger partial charge in [-0.3, -0.25) is 4.99 Å². The minimum atomic E-state index is 0.212. The molecule has 1 aliphatic carbocycles. The molecule has 15 heavy (non-hydrogen) atoms. The topological polar surface area (TPSA) is 59.6 Å². The number of hydrogen-bond donors (Lipinski definition) is 2. The quantitative estimate of drug-likeness (QED) is 0.311. The molecule has 2 aliphatic rings. The molecule has 0 aromatic heterocycles. The van der Waals surface area contributed by atoms with E-state index in [9.17, 15) is 0 Å². The van der Waals surface area contributed by atoms with E-state index in [1.807, 2.05) is 0 Å². The highest BCUT2D eigenvalue weighted by Crippen LogP contribution is 2.34. The van der Waals surface area contributed by atoms with Crippen LogP contribution in [0.2, 0.25) is 0 Å². The van der Waals surface area contributed by atoms with Gasteiger partial charge in [0.2, 0.25) is 0 Å². The van der Waals surface area contributed by atoms with Crippen LogP contribution in [0.4, 0.5) is 0 Å². The van der Waals surface area contributed by atoms with Gasteiger partial charge in [0.05, 0.1) is 18.2 Å². The van der Waals surface area contributed by atoms with E-state index in [2.05, 4.69) is 31.2 Å². The molecule has 4 nitrogen and oxygen atoms in total. The van der Waals surface area contributed by atoms with Crippen molar-refractivity contribution >= 4 is 5.84 Å². The molecule has 0 spiro atoms. The Morgan fingerprint density at radius 1 is 1.27 bits per heavy atom. The number of nitrogens with two attached hydrogens (primary N) is 1. The van der Waals surface area contributed by atoms with Crippen molar-refractivity contribution in [2.75, 3.05) is 0 Å². The zero-order chi connectivity index (χ0) is 11.0. The maximum atomic E-state index is 5.79. The van der Waals surface area contributed by atoms with Crippen molar-refractivity contribution < 1.29 is 4.74 Å². The van der Waals surface area contributed by atoms with Gasteiger partial charge >= 0.3 is 0 Å². The number of aliphatic imine (C=N–C) groups is 1. The molecule has 4 unspecified atom stereocenters. The molecule has 0 amide bonds. The minimum absolute atomic E-state index is 0.212. The standard InChI is InChI=1S/C11H21N3O/c1-6-7(2)15-8(3)10(6)11(14-12)13-9-4-5-9/h6-10H,4-5,12H2,1-3H3,(H,13,14). The van der Waals surface area contributed by atoms with Crippen molar-refractivity contribution in [3.05, 3.63) is 0 Å². The molecule has 3 N–H and O–H groups in total. The van der Waals surface area contributed by atoms with Crippen LogP contribution in [0.1, 0.15) is 33.6 Å². The van der Waals surface area contributed by atoms with E-state index >= 15 is 0 Å². The fourth-order valence-corrected chi connectivity index (χ4v) is 2.36. The van der Waals surface area contributed by atoms with Gasteiger partial charge in [0.1, 0.15) is 5.84 Å². The lowest BCUT2D eigenvalue weighted by Gasteiger charge is -2.20. The molecule has 0 aromatic rings. The van der Waals surface area contributed by atoms with Crippen molar-refractivity contribution in [3.8, 4) is 0 Å². The van der Waals surface area contributed by atoms with Crippen molar-refractivity contribution in [2.24, 2.45) is 22.7 Å². The second-order valence-electron chi connectivity index (χ2n) is 4.82. The highest BCUT2D eigenvalue weighted by atomic mass is 16.5. The Labute approximate surface area is 91.2 Å². The summed E-state index contributed by atoms with van der Waals surface area (Å²) in [6, 6.07) is 0.506. The summed E-state index contributed by atoms with van der Waals surface area (Å²) in [6.45, 7) is 6.43. The molecule has 4 atom stereocenters. The zero-order valence-electron chi connectivity index (χ0n) is 9.73. The Hall–Kier alpha value is -0.610. The maximum absolute atomic E-state index is 5.79. The molecule has 1 saturated heterocycles. The number of ether oxygens (including phenoxy) is 1. The lowest BCUT2D eigenvalue weighted by Crippen LogP contribution is -2.41. The van der Waals surface area contributed by atoms with E-state index in [1.54, 1.807) is 0 Å². The van der Waals surface area contributed by atoms with Gasteiger partial charge in [-0.25, -0.2) is 5.84 Å². The van der Waals surface area contributed by atoms with Gasteiger partial charge in [-0.1, -0.05) is 6.92 Å². The van der Waals surface area contributed by atoms with E-state index in [0.717, 1.165) is 5.84 Å². The number of nitrogens with one attached hydrogen (secondary N) is 1. The summed E-state index contributed by atoms with van der Waals surface area (Å²) in [5.41, 5.74) is 2.77. The fraction of sp³-hybridized carbons (Fsp3) is 0.909. The Balaban J connectivity index is 2.12. The Morgan fingerprint density at radius 3 is 2.33 bits per heavy atom. The monoisotopic (exact) mass is 211 g/mol. The lowest BCUT2D eigenvalue weighted by molar-refractivity contribution is 0.0549. The molecule has 1 saturated carbocycles. The van der Waals surface area contributed by atoms with Crippen LogP contribution >= 0.6 is 0 Å². The maximum Gasteiger partial charge on any atom is 0.117 e. The average molecular weight is 211 g/mol. The number of rotatable bonds is 2. The summed E-state index contributed by atoms with van der Waals surface area (Å²) in [5.74, 6) is 7.30. The Morgan fingerprint density at radius 2 is 1.93 bits per heavy atom. The van der Waals surface area contributed by atoms with E-state index in [0.29, 0.717) is 24.0 Å². The van der Waals surface area contributed by atoms with E-state index in [-0.39, 0.29) is 6.10 Å². The molecule has 1 heterocycles. The van der Waals surface area contributed by atoms with Crippen LogP contribution in [0.25, 0.3) is 0 Å². The van der Waals surface area contributed by atoms with Gasteiger partial charge in [-0.2, -0.15) is 0 Å². The third kappa shape index (κ3) is 2.16. The van der Waals surface area contributed by atoms with Crippen LogP contribution in [-0.4, -0.2) is 24.1 Å². The molecular formula is C11H21N3O. The summed E-state index contributed by atoms with van der Waals surface area (Å²) in [4.78, 5) is 4.62. The normalized spacial score (nSPS) is 42.0. The first-order valence-electron chi connectivity index (χ1n) is 5.83. The largest absolute Gasteiger partial charge is 0.374 e. The van der Waals surface area contributed by atoms with Gasteiger partial charge in [0, 0.05) is 5.92 Å². The first-order valence-corrected chi connectivity index (χ1v) is 5.83. The summed E-state index contributed by atoms with van der Waals surface area (Å²) in [6.07, 6.45) is 2.92. The molecule has 4 heteroatoms. The van der Waals surface area contributed by atoms with Gasteiger partial charge in [0.15, 0.2) is 0 Å². The van der Waals surface area contributed by atoms with Crippen LogP contribution in [-0.2, 0) is 4.74 Å². The third-order valence-electron chi connectivity index (χ3n) is 3.57. The van der Waals surface area contributed by atoms with Gasteiger partial charge in [-0.05, 0) is 32.6 Å². The van der Waals surface area contributed by atoms with Crippen molar-refractivity contribution in [2.45, 2.75) is 51.9 Å². The number of hydrazine groups is 1. The average Bonchev–Trinajstić information content (AvgIpc) is 2.96. The molecule has 2 fully saturated rings. The van der Waals surface area contributed by atoms with Crippen molar-refractivity contribution in [1.82, 2.24) is 5.43 Å². The van der Waals surface area contributed by atoms with Crippen LogP contribution in [0, 0.1) is 11.8 Å². The molecule has 0 aromatic carbocycles. The third-order valence-corrected chi connectivity index (χ3v) is 3.57. The summed E-state index contributed by atoms with van der Waals surface area (Å²) < 4.78 is 5.79. The van der Waals surface area contributed by atoms with Gasteiger partial charge in [-0.15, -0.1) is 0 Å². The highest BCUT2D eigenvalue weighted by molar-refractivity contribution is 5.85. The fourth-order valence-electron chi connectivity index (χ4n) is 2.36. The van der Waals surface area contributed by atoms with Crippen molar-refractivity contribution in [3.63, 3.8) is 0 Å². The molecule has 0 radical (unpaired) electrons. The molecule has 0 bridgehead atoms. The summed E-state index contributed by atoms with van der Waals surface area (Å²) in [7, 11) is 0. The van der Waals surface area contributed by atoms with E-state index in [1.165, 1.54) is 12.8 Å². The second kappa shape index (κ2) is 4.10. The zero-order valence-corrected chi connectivity index (χ0v) is 9.73. The summed E-state index contributed by atoms with van der Waals surface area (Å²) >= 11 is 0. The van der Waals surface area contributed by atoms with Crippen molar-refractivity contribution in [1.29, 1.82) is 0 Å². The molecule has 1 aliphatic heterocycles. The number of amidine groups is 1. The second-order valence-corrected chi connectivity index (χ2v) is 4.82. The van der Waals surface area contributed by atoms with Gasteiger partial charge < -0.3 is 10.2 Å². The molecule has 86 valence electrons. The Kier molecular flexibility index (Phi) is 2.98. The van der Waals surface area contributed by atoms with E-state index in [4.69, 9.17) is 10.6 Å². The number of hydrogen-bond acceptors (Lipinski definition) is 3. The minimum Gasteiger partial charge on any atom is -0.374 e. The van der Waals surface area contributed by atoms with Crippen LogP contribution < -0.4 is 11.3 Å². The number of nitrogens with zero attached hydrogens (tertiary/aromatic N) is 1. The van der Waals surface area contributed by atoms with Gasteiger partial charge in [0.25, 0.3) is 0 Å². The SMILES string of the molecule is CC1OC(C)C(C(=NC2CC2)NN)C1C.